The molecule has 2 saturated heterocycles. The largest absolute Gasteiger partial charge is 0.369 e. The van der Waals surface area contributed by atoms with Crippen LogP contribution in [0.5, 0.6) is 0 Å². The Morgan fingerprint density at radius 2 is 1.82 bits per heavy atom. The van der Waals surface area contributed by atoms with E-state index in [1.54, 1.807) is 21.6 Å². The van der Waals surface area contributed by atoms with Crippen LogP contribution in [-0.2, 0) is 15.0 Å². The number of piperidine rings is 1. The van der Waals surface area contributed by atoms with Crippen molar-refractivity contribution in [1.29, 1.82) is 0 Å². The fourth-order valence-corrected chi connectivity index (χ4v) is 4.89. The molecule has 0 spiro atoms. The minimum absolute atomic E-state index is 0.0226. The molecule has 1 aromatic rings. The smallest absolute Gasteiger partial charge is 0.255 e. The first-order chi connectivity index (χ1) is 13.2. The zero-order valence-corrected chi connectivity index (χ0v) is 17.6. The summed E-state index contributed by atoms with van der Waals surface area (Å²) in [6.45, 7) is 7.37. The maximum absolute atomic E-state index is 13.1. The summed E-state index contributed by atoms with van der Waals surface area (Å²) in [6, 6.07) is 7.17. The van der Waals surface area contributed by atoms with Crippen LogP contribution in [0.15, 0.2) is 24.3 Å². The van der Waals surface area contributed by atoms with Gasteiger partial charge >= 0.3 is 0 Å². The maximum Gasteiger partial charge on any atom is 0.255 e. The van der Waals surface area contributed by atoms with Crippen molar-refractivity contribution in [3.63, 3.8) is 0 Å². The number of nitrogens with two attached hydrogens (primary N) is 1. The van der Waals surface area contributed by atoms with Crippen molar-refractivity contribution in [2.75, 3.05) is 24.7 Å². The molecule has 28 heavy (non-hydrogen) atoms. The van der Waals surface area contributed by atoms with Gasteiger partial charge in [-0.05, 0) is 36.0 Å². The van der Waals surface area contributed by atoms with Crippen LogP contribution in [-0.4, -0.2) is 58.3 Å². The van der Waals surface area contributed by atoms with Crippen molar-refractivity contribution in [3.8, 4) is 0 Å². The van der Waals surface area contributed by atoms with Gasteiger partial charge in [0.1, 0.15) is 6.04 Å². The molecule has 0 bridgehead atoms. The lowest BCUT2D eigenvalue weighted by molar-refractivity contribution is -0.138. The second-order valence-corrected chi connectivity index (χ2v) is 9.64. The van der Waals surface area contributed by atoms with Crippen LogP contribution >= 0.6 is 11.8 Å². The van der Waals surface area contributed by atoms with Crippen molar-refractivity contribution >= 4 is 29.5 Å². The normalized spacial score (nSPS) is 23.0. The summed E-state index contributed by atoms with van der Waals surface area (Å²) in [7, 11) is 0. The molecule has 3 amide bonds. The Labute approximate surface area is 170 Å². The van der Waals surface area contributed by atoms with Gasteiger partial charge in [-0.1, -0.05) is 32.9 Å². The zero-order chi connectivity index (χ0) is 20.5. The topological polar surface area (TPSA) is 83.7 Å². The second-order valence-electron chi connectivity index (χ2n) is 8.64. The number of thioether (sulfide) groups is 1. The fourth-order valence-electron chi connectivity index (χ4n) is 3.75. The highest BCUT2D eigenvalue weighted by Gasteiger charge is 2.39. The lowest BCUT2D eigenvalue weighted by atomic mass is 9.86. The number of benzene rings is 1. The van der Waals surface area contributed by atoms with Gasteiger partial charge < -0.3 is 15.5 Å². The highest BCUT2D eigenvalue weighted by molar-refractivity contribution is 7.99. The number of hydrogen-bond acceptors (Lipinski definition) is 4. The molecule has 2 aliphatic rings. The van der Waals surface area contributed by atoms with E-state index in [4.69, 9.17) is 5.73 Å². The molecule has 2 aliphatic heterocycles. The molecule has 1 aromatic carbocycles. The van der Waals surface area contributed by atoms with Gasteiger partial charge in [-0.25, -0.2) is 0 Å². The molecule has 0 aliphatic carbocycles. The highest BCUT2D eigenvalue weighted by atomic mass is 32.2. The van der Waals surface area contributed by atoms with E-state index in [1.807, 2.05) is 24.3 Å². The number of hydrogen-bond donors (Lipinski definition) is 1. The van der Waals surface area contributed by atoms with E-state index in [9.17, 15) is 14.4 Å². The van der Waals surface area contributed by atoms with Crippen LogP contribution in [0.1, 0.15) is 49.5 Å². The first kappa shape index (κ1) is 20.7. The summed E-state index contributed by atoms with van der Waals surface area (Å²) < 4.78 is 0. The third-order valence-electron chi connectivity index (χ3n) is 5.56. The molecule has 2 fully saturated rings. The number of primary amides is 1. The summed E-state index contributed by atoms with van der Waals surface area (Å²) in [5.41, 5.74) is 7.22. The standard InChI is InChI=1S/C21H29N3O3S/c1-21(2,3)16-8-6-14(7-9-16)19(26)24-13-28-12-17(24)20(27)23-10-4-5-15(11-23)18(22)25/h6-9,15,17H,4-5,10-13H2,1-3H3,(H2,22,25)/t15-,17+/m1/s1. The lowest BCUT2D eigenvalue weighted by Crippen LogP contribution is -2.52. The van der Waals surface area contributed by atoms with Crippen LogP contribution in [0.3, 0.4) is 0 Å². The van der Waals surface area contributed by atoms with Crippen molar-refractivity contribution < 1.29 is 14.4 Å². The van der Waals surface area contributed by atoms with E-state index in [1.165, 1.54) is 5.56 Å². The summed E-state index contributed by atoms with van der Waals surface area (Å²) in [4.78, 5) is 41.0. The fraction of sp³-hybridized carbons (Fsp3) is 0.571. The van der Waals surface area contributed by atoms with Gasteiger partial charge in [0.15, 0.2) is 0 Å². The molecule has 3 rings (SSSR count). The van der Waals surface area contributed by atoms with Crippen molar-refractivity contribution in [1.82, 2.24) is 9.80 Å². The van der Waals surface area contributed by atoms with E-state index in [-0.39, 0.29) is 29.1 Å². The van der Waals surface area contributed by atoms with Gasteiger partial charge in [0.2, 0.25) is 11.8 Å². The minimum atomic E-state index is -0.480. The van der Waals surface area contributed by atoms with Crippen molar-refractivity contribution in [2.24, 2.45) is 11.7 Å². The average molecular weight is 404 g/mol. The molecule has 2 atom stereocenters. The van der Waals surface area contributed by atoms with E-state index in [2.05, 4.69) is 20.8 Å². The van der Waals surface area contributed by atoms with E-state index in [0.29, 0.717) is 30.3 Å². The number of carbonyl (C=O) groups is 3. The first-order valence-corrected chi connectivity index (χ1v) is 10.9. The zero-order valence-electron chi connectivity index (χ0n) is 16.8. The van der Waals surface area contributed by atoms with Crippen molar-refractivity contribution in [3.05, 3.63) is 35.4 Å². The molecule has 2 heterocycles. The van der Waals surface area contributed by atoms with Crippen LogP contribution in [0.25, 0.3) is 0 Å². The number of rotatable bonds is 3. The first-order valence-electron chi connectivity index (χ1n) is 9.76. The number of amides is 3. The molecule has 6 nitrogen and oxygen atoms in total. The number of nitrogens with zero attached hydrogens (tertiary/aromatic N) is 2. The molecule has 152 valence electrons. The van der Waals surface area contributed by atoms with Crippen LogP contribution in [0.2, 0.25) is 0 Å². The maximum atomic E-state index is 13.1. The van der Waals surface area contributed by atoms with Gasteiger partial charge in [-0.2, -0.15) is 0 Å². The Morgan fingerprint density at radius 3 is 2.43 bits per heavy atom. The van der Waals surface area contributed by atoms with E-state index < -0.39 is 6.04 Å². The second kappa shape index (κ2) is 8.15. The quantitative estimate of drug-likeness (QED) is 0.839. The summed E-state index contributed by atoms with van der Waals surface area (Å²) >= 11 is 1.59. The third-order valence-corrected chi connectivity index (χ3v) is 6.57. The van der Waals surface area contributed by atoms with Crippen molar-refractivity contribution in [2.45, 2.75) is 45.1 Å². The molecule has 0 aromatic heterocycles. The SMILES string of the molecule is CC(C)(C)c1ccc(C(=O)N2CSC[C@H]2C(=O)N2CCC[C@@H](C(N)=O)C2)cc1. The molecule has 7 heteroatoms. The van der Waals surface area contributed by atoms with Gasteiger partial charge in [0.25, 0.3) is 5.91 Å². The predicted molar refractivity (Wildman–Crippen MR) is 111 cm³/mol. The van der Waals surface area contributed by atoms with Gasteiger partial charge in [0.05, 0.1) is 11.8 Å². The Morgan fingerprint density at radius 1 is 1.14 bits per heavy atom. The van der Waals surface area contributed by atoms with E-state index >= 15 is 0 Å². The third kappa shape index (κ3) is 4.35. The Hall–Kier alpha value is -2.02. The Balaban J connectivity index is 1.72. The molecule has 0 radical (unpaired) electrons. The monoisotopic (exact) mass is 403 g/mol. The highest BCUT2D eigenvalue weighted by Crippen LogP contribution is 2.28. The molecular weight excluding hydrogens is 374 g/mol. The number of carbonyl (C=O) groups excluding carboxylic acids is 3. The minimum Gasteiger partial charge on any atom is -0.369 e. The van der Waals surface area contributed by atoms with Crippen LogP contribution in [0.4, 0.5) is 0 Å². The average Bonchev–Trinajstić information content (AvgIpc) is 3.16. The van der Waals surface area contributed by atoms with Crippen LogP contribution < -0.4 is 5.73 Å². The molecule has 0 unspecified atom stereocenters. The van der Waals surface area contributed by atoms with Gasteiger partial charge in [-0.15, -0.1) is 11.8 Å². The van der Waals surface area contributed by atoms with Gasteiger partial charge in [-0.3, -0.25) is 14.4 Å². The summed E-state index contributed by atoms with van der Waals surface area (Å²) in [6.07, 6.45) is 1.49. The molecule has 0 saturated carbocycles. The summed E-state index contributed by atoms with van der Waals surface area (Å²) in [5, 5.41) is 0. The Bertz CT molecular complexity index is 757. The van der Waals surface area contributed by atoms with E-state index in [0.717, 1.165) is 12.8 Å². The molecule has 2 N–H and O–H groups in total. The van der Waals surface area contributed by atoms with Gasteiger partial charge in [0, 0.05) is 24.4 Å². The van der Waals surface area contributed by atoms with Crippen LogP contribution in [0, 0.1) is 5.92 Å². The summed E-state index contributed by atoms with van der Waals surface area (Å²) in [5.74, 6) is 0.250. The number of likely N-dealkylation sites (tertiary alicyclic amines) is 1. The Kier molecular flexibility index (Phi) is 6.03. The lowest BCUT2D eigenvalue weighted by Gasteiger charge is -2.35. The molecular formula is C21H29N3O3S. The predicted octanol–water partition coefficient (Wildman–Crippen LogP) is 2.22.